The smallest absolute Gasteiger partial charge is 0.337 e. The number of urea groups is 1. The third-order valence-electron chi connectivity index (χ3n) is 3.89. The minimum Gasteiger partial charge on any atom is -0.465 e. The lowest BCUT2D eigenvalue weighted by molar-refractivity contribution is 0.0600. The molecule has 3 rings (SSSR count). The summed E-state index contributed by atoms with van der Waals surface area (Å²) in [6, 6.07) is 14.5. The van der Waals surface area contributed by atoms with Crippen molar-refractivity contribution in [1.82, 2.24) is 0 Å². The molecule has 0 radical (unpaired) electrons. The Morgan fingerprint density at radius 2 is 1.96 bits per heavy atom. The average molecular weight is 310 g/mol. The number of hydrogen-bond acceptors (Lipinski definition) is 3. The fourth-order valence-electron chi connectivity index (χ4n) is 2.78. The highest BCUT2D eigenvalue weighted by atomic mass is 16.5. The average Bonchev–Trinajstić information content (AvgIpc) is 2.60. The second-order valence-electron chi connectivity index (χ2n) is 5.39. The van der Waals surface area contributed by atoms with E-state index in [2.05, 4.69) is 5.32 Å². The van der Waals surface area contributed by atoms with Crippen molar-refractivity contribution < 1.29 is 14.3 Å². The number of carbonyl (C=O) groups is 2. The van der Waals surface area contributed by atoms with E-state index in [0.29, 0.717) is 17.8 Å². The van der Waals surface area contributed by atoms with Crippen molar-refractivity contribution in [3.8, 4) is 0 Å². The van der Waals surface area contributed by atoms with Gasteiger partial charge >= 0.3 is 12.0 Å². The van der Waals surface area contributed by atoms with Gasteiger partial charge < -0.3 is 10.1 Å². The van der Waals surface area contributed by atoms with Crippen LogP contribution in [0.15, 0.2) is 48.5 Å². The van der Waals surface area contributed by atoms with E-state index in [1.54, 1.807) is 29.2 Å². The maximum atomic E-state index is 12.6. The quantitative estimate of drug-likeness (QED) is 0.864. The summed E-state index contributed by atoms with van der Waals surface area (Å²) in [5.41, 5.74) is 3.10. The fourth-order valence-corrected chi connectivity index (χ4v) is 2.78. The van der Waals surface area contributed by atoms with E-state index in [1.807, 2.05) is 24.3 Å². The van der Waals surface area contributed by atoms with E-state index in [9.17, 15) is 9.59 Å². The van der Waals surface area contributed by atoms with Gasteiger partial charge in [0.05, 0.1) is 12.7 Å². The predicted molar refractivity (Wildman–Crippen MR) is 88.9 cm³/mol. The number of aryl methyl sites for hydroxylation is 1. The Labute approximate surface area is 134 Å². The van der Waals surface area contributed by atoms with Gasteiger partial charge in [0.25, 0.3) is 0 Å². The zero-order valence-electron chi connectivity index (χ0n) is 12.9. The Morgan fingerprint density at radius 1 is 1.13 bits per heavy atom. The molecule has 0 fully saturated rings. The summed E-state index contributed by atoms with van der Waals surface area (Å²) in [4.78, 5) is 25.9. The number of amides is 2. The van der Waals surface area contributed by atoms with Gasteiger partial charge in [-0.3, -0.25) is 4.90 Å². The molecule has 0 spiro atoms. The number of ether oxygens (including phenoxy) is 1. The molecule has 2 aromatic carbocycles. The van der Waals surface area contributed by atoms with Crippen LogP contribution in [0.3, 0.4) is 0 Å². The Morgan fingerprint density at radius 3 is 2.78 bits per heavy atom. The molecule has 118 valence electrons. The lowest BCUT2D eigenvalue weighted by atomic mass is 10.0. The predicted octanol–water partition coefficient (Wildman–Crippen LogP) is 3.46. The van der Waals surface area contributed by atoms with E-state index in [4.69, 9.17) is 4.74 Å². The number of carbonyl (C=O) groups excluding carboxylic acids is 2. The van der Waals surface area contributed by atoms with Gasteiger partial charge in [-0.25, -0.2) is 9.59 Å². The zero-order valence-corrected chi connectivity index (χ0v) is 12.9. The van der Waals surface area contributed by atoms with Gasteiger partial charge in [-0.2, -0.15) is 0 Å². The summed E-state index contributed by atoms with van der Waals surface area (Å²) in [5.74, 6) is -0.426. The molecule has 2 aromatic rings. The number of methoxy groups -OCH3 is 1. The summed E-state index contributed by atoms with van der Waals surface area (Å²) in [5, 5.41) is 2.85. The van der Waals surface area contributed by atoms with Crippen molar-refractivity contribution in [3.63, 3.8) is 0 Å². The molecular formula is C18H18N2O3. The van der Waals surface area contributed by atoms with Crippen molar-refractivity contribution in [3.05, 3.63) is 59.7 Å². The highest BCUT2D eigenvalue weighted by Gasteiger charge is 2.22. The van der Waals surface area contributed by atoms with Crippen LogP contribution in [0.1, 0.15) is 22.3 Å². The van der Waals surface area contributed by atoms with Gasteiger partial charge in [0.1, 0.15) is 0 Å². The lowest BCUT2D eigenvalue weighted by Gasteiger charge is -2.29. The maximum absolute atomic E-state index is 12.6. The molecule has 1 N–H and O–H groups in total. The standard InChI is InChI=1S/C18H18N2O3/c1-23-17(21)14-7-4-9-15(12-14)19-18(22)20-11-5-8-13-6-2-3-10-16(13)20/h2-4,6-7,9-10,12H,5,8,11H2,1H3,(H,19,22). The molecule has 5 nitrogen and oxygen atoms in total. The van der Waals surface area contributed by atoms with Crippen LogP contribution in [0.25, 0.3) is 0 Å². The van der Waals surface area contributed by atoms with E-state index >= 15 is 0 Å². The van der Waals surface area contributed by atoms with Gasteiger partial charge in [-0.05, 0) is 42.7 Å². The molecule has 2 amide bonds. The Balaban J connectivity index is 1.79. The number of nitrogens with zero attached hydrogens (tertiary/aromatic N) is 1. The number of rotatable bonds is 2. The third-order valence-corrected chi connectivity index (χ3v) is 3.89. The van der Waals surface area contributed by atoms with Crippen molar-refractivity contribution in [2.75, 3.05) is 23.9 Å². The van der Waals surface area contributed by atoms with Crippen LogP contribution in [-0.4, -0.2) is 25.7 Å². The van der Waals surface area contributed by atoms with Gasteiger partial charge in [0.2, 0.25) is 0 Å². The molecule has 23 heavy (non-hydrogen) atoms. The molecular weight excluding hydrogens is 292 g/mol. The van der Waals surface area contributed by atoms with Crippen LogP contribution in [-0.2, 0) is 11.2 Å². The first-order chi connectivity index (χ1) is 11.2. The fraction of sp³-hybridized carbons (Fsp3) is 0.222. The van der Waals surface area contributed by atoms with Crippen molar-refractivity contribution >= 4 is 23.4 Å². The molecule has 0 saturated heterocycles. The van der Waals surface area contributed by atoms with Crippen LogP contribution in [0, 0.1) is 0 Å². The SMILES string of the molecule is COC(=O)c1cccc(NC(=O)N2CCCc3ccccc32)c1. The van der Waals surface area contributed by atoms with Crippen LogP contribution in [0.2, 0.25) is 0 Å². The molecule has 0 aliphatic carbocycles. The number of anilines is 2. The number of fused-ring (bicyclic) bond motifs is 1. The Hall–Kier alpha value is -2.82. The van der Waals surface area contributed by atoms with Crippen LogP contribution < -0.4 is 10.2 Å². The molecule has 0 saturated carbocycles. The molecule has 5 heteroatoms. The molecule has 0 aromatic heterocycles. The number of esters is 1. The summed E-state index contributed by atoms with van der Waals surface area (Å²) in [6.45, 7) is 0.680. The zero-order chi connectivity index (χ0) is 16.2. The second-order valence-corrected chi connectivity index (χ2v) is 5.39. The highest BCUT2D eigenvalue weighted by molar-refractivity contribution is 6.03. The van der Waals surface area contributed by atoms with Gasteiger partial charge in [0, 0.05) is 17.9 Å². The van der Waals surface area contributed by atoms with Crippen molar-refractivity contribution in [2.45, 2.75) is 12.8 Å². The van der Waals surface area contributed by atoms with Crippen molar-refractivity contribution in [1.29, 1.82) is 0 Å². The van der Waals surface area contributed by atoms with E-state index in [0.717, 1.165) is 18.5 Å². The number of hydrogen-bond donors (Lipinski definition) is 1. The normalized spacial score (nSPS) is 13.2. The van der Waals surface area contributed by atoms with Crippen LogP contribution in [0.5, 0.6) is 0 Å². The number of benzene rings is 2. The minimum absolute atomic E-state index is 0.195. The first kappa shape index (κ1) is 15.1. The summed E-state index contributed by atoms with van der Waals surface area (Å²) in [6.07, 6.45) is 1.92. The van der Waals surface area contributed by atoms with Gasteiger partial charge in [-0.15, -0.1) is 0 Å². The third kappa shape index (κ3) is 3.18. The van der Waals surface area contributed by atoms with E-state index in [-0.39, 0.29) is 6.03 Å². The molecule has 1 aliphatic rings. The van der Waals surface area contributed by atoms with Gasteiger partial charge in [-0.1, -0.05) is 24.3 Å². The number of nitrogens with one attached hydrogen (secondary N) is 1. The first-order valence-corrected chi connectivity index (χ1v) is 7.54. The highest BCUT2D eigenvalue weighted by Crippen LogP contribution is 2.27. The van der Waals surface area contributed by atoms with E-state index < -0.39 is 5.97 Å². The maximum Gasteiger partial charge on any atom is 0.337 e. The van der Waals surface area contributed by atoms with Crippen LogP contribution in [0.4, 0.5) is 16.2 Å². The lowest BCUT2D eigenvalue weighted by Crippen LogP contribution is -2.38. The summed E-state index contributed by atoms with van der Waals surface area (Å²) >= 11 is 0. The Kier molecular flexibility index (Phi) is 4.28. The molecule has 1 aliphatic heterocycles. The number of para-hydroxylation sites is 1. The van der Waals surface area contributed by atoms with E-state index in [1.165, 1.54) is 12.7 Å². The monoisotopic (exact) mass is 310 g/mol. The summed E-state index contributed by atoms with van der Waals surface area (Å²) in [7, 11) is 1.33. The minimum atomic E-state index is -0.426. The largest absolute Gasteiger partial charge is 0.465 e. The summed E-state index contributed by atoms with van der Waals surface area (Å²) < 4.78 is 4.70. The topological polar surface area (TPSA) is 58.6 Å². The molecule has 0 bridgehead atoms. The van der Waals surface area contributed by atoms with Crippen molar-refractivity contribution in [2.24, 2.45) is 0 Å². The Bertz CT molecular complexity index is 743. The molecule has 0 atom stereocenters. The molecule has 1 heterocycles. The molecule has 0 unspecified atom stereocenters. The van der Waals surface area contributed by atoms with Crippen LogP contribution >= 0.6 is 0 Å². The first-order valence-electron chi connectivity index (χ1n) is 7.54. The second kappa shape index (κ2) is 6.52. The van der Waals surface area contributed by atoms with Gasteiger partial charge in [0.15, 0.2) is 0 Å².